The van der Waals surface area contributed by atoms with Crippen molar-refractivity contribution in [3.8, 4) is 11.6 Å². The molecule has 7 heteroatoms. The molecule has 2 rings (SSSR count). The Hall–Kier alpha value is -2.57. The van der Waals surface area contributed by atoms with Crippen LogP contribution in [0.1, 0.15) is 0 Å². The van der Waals surface area contributed by atoms with Crippen molar-refractivity contribution in [1.29, 1.82) is 0 Å². The highest BCUT2D eigenvalue weighted by Crippen LogP contribution is 2.25. The standard InChI is InChI=1S/C11H11N3O4/c1-17-6-3-4-7-8(5-6)13-10(18-2)9(12-7)14-11(15)16/h3-5H,1-2H3,(H,12,14)(H,15,16). The van der Waals surface area contributed by atoms with Crippen LogP contribution in [-0.2, 0) is 0 Å². The van der Waals surface area contributed by atoms with E-state index in [0.29, 0.717) is 16.8 Å². The minimum absolute atomic E-state index is 0.0580. The number of benzene rings is 1. The number of rotatable bonds is 3. The highest BCUT2D eigenvalue weighted by atomic mass is 16.5. The van der Waals surface area contributed by atoms with E-state index in [-0.39, 0.29) is 11.7 Å². The summed E-state index contributed by atoms with van der Waals surface area (Å²) in [5.41, 5.74) is 1.10. The minimum Gasteiger partial charge on any atom is -0.497 e. The van der Waals surface area contributed by atoms with E-state index in [1.54, 1.807) is 25.3 Å². The minimum atomic E-state index is -1.23. The van der Waals surface area contributed by atoms with Crippen LogP contribution in [0.3, 0.4) is 0 Å². The number of nitrogens with one attached hydrogen (secondary N) is 1. The van der Waals surface area contributed by atoms with Crippen molar-refractivity contribution in [3.63, 3.8) is 0 Å². The van der Waals surface area contributed by atoms with Crippen molar-refractivity contribution in [2.75, 3.05) is 19.5 Å². The first-order valence-electron chi connectivity index (χ1n) is 5.03. The van der Waals surface area contributed by atoms with Gasteiger partial charge >= 0.3 is 6.09 Å². The van der Waals surface area contributed by atoms with E-state index in [0.717, 1.165) is 0 Å². The van der Waals surface area contributed by atoms with Crippen LogP contribution >= 0.6 is 0 Å². The fraction of sp³-hybridized carbons (Fsp3) is 0.182. The predicted molar refractivity (Wildman–Crippen MR) is 64.3 cm³/mol. The molecule has 94 valence electrons. The number of carbonyl (C=O) groups is 1. The SMILES string of the molecule is COc1ccc2nc(NC(=O)O)c(OC)nc2c1. The maximum Gasteiger partial charge on any atom is 0.410 e. The maximum atomic E-state index is 10.6. The Labute approximate surface area is 102 Å². The van der Waals surface area contributed by atoms with Crippen molar-refractivity contribution >= 4 is 22.9 Å². The summed E-state index contributed by atoms with van der Waals surface area (Å²) in [7, 11) is 2.94. The van der Waals surface area contributed by atoms with E-state index in [9.17, 15) is 4.79 Å². The first-order chi connectivity index (χ1) is 8.63. The number of ether oxygens (including phenoxy) is 2. The Balaban J connectivity index is 2.56. The van der Waals surface area contributed by atoms with Gasteiger partial charge in [0.1, 0.15) is 5.75 Å². The lowest BCUT2D eigenvalue weighted by atomic mass is 10.3. The zero-order chi connectivity index (χ0) is 13.1. The summed E-state index contributed by atoms with van der Waals surface area (Å²) in [6, 6.07) is 5.09. The molecule has 1 heterocycles. The smallest absolute Gasteiger partial charge is 0.410 e. The van der Waals surface area contributed by atoms with Gasteiger partial charge in [-0.1, -0.05) is 0 Å². The molecule has 0 aliphatic carbocycles. The van der Waals surface area contributed by atoms with Gasteiger partial charge in [0.15, 0.2) is 5.82 Å². The summed E-state index contributed by atoms with van der Waals surface area (Å²) in [6.45, 7) is 0. The number of aromatic nitrogens is 2. The third-order valence-electron chi connectivity index (χ3n) is 2.26. The maximum absolute atomic E-state index is 10.6. The number of carboxylic acid groups (broad SMARTS) is 1. The van der Waals surface area contributed by atoms with E-state index >= 15 is 0 Å². The summed E-state index contributed by atoms with van der Waals surface area (Å²) in [4.78, 5) is 18.9. The van der Waals surface area contributed by atoms with Crippen LogP contribution in [-0.4, -0.2) is 35.4 Å². The van der Waals surface area contributed by atoms with Crippen LogP contribution in [0.5, 0.6) is 11.6 Å². The number of hydrogen-bond acceptors (Lipinski definition) is 5. The molecule has 0 radical (unpaired) electrons. The van der Waals surface area contributed by atoms with Crippen molar-refractivity contribution in [2.24, 2.45) is 0 Å². The molecule has 18 heavy (non-hydrogen) atoms. The van der Waals surface area contributed by atoms with Gasteiger partial charge in [0.05, 0.1) is 25.3 Å². The Kier molecular flexibility index (Phi) is 3.13. The highest BCUT2D eigenvalue weighted by molar-refractivity contribution is 5.86. The second-order valence-electron chi connectivity index (χ2n) is 3.37. The van der Waals surface area contributed by atoms with Gasteiger partial charge in [-0.15, -0.1) is 0 Å². The van der Waals surface area contributed by atoms with Crippen molar-refractivity contribution < 1.29 is 19.4 Å². The summed E-state index contributed by atoms with van der Waals surface area (Å²) < 4.78 is 10.1. The monoisotopic (exact) mass is 249 g/mol. The molecule has 7 nitrogen and oxygen atoms in total. The molecule has 0 atom stereocenters. The van der Waals surface area contributed by atoms with Crippen LogP contribution < -0.4 is 14.8 Å². The molecule has 2 N–H and O–H groups in total. The van der Waals surface area contributed by atoms with Gasteiger partial charge in [-0.2, -0.15) is 0 Å². The molecule has 0 spiro atoms. The van der Waals surface area contributed by atoms with Crippen LogP contribution in [0.15, 0.2) is 18.2 Å². The molecule has 0 unspecified atom stereocenters. The molecular weight excluding hydrogens is 238 g/mol. The summed E-state index contributed by atoms with van der Waals surface area (Å²) in [6.07, 6.45) is -1.23. The number of amides is 1. The zero-order valence-corrected chi connectivity index (χ0v) is 9.80. The highest BCUT2D eigenvalue weighted by Gasteiger charge is 2.12. The molecule has 0 aliphatic rings. The summed E-state index contributed by atoms with van der Waals surface area (Å²) in [5, 5.41) is 10.8. The number of methoxy groups -OCH3 is 2. The van der Waals surface area contributed by atoms with Gasteiger partial charge in [0.2, 0.25) is 0 Å². The van der Waals surface area contributed by atoms with E-state index < -0.39 is 6.09 Å². The quantitative estimate of drug-likeness (QED) is 0.860. The van der Waals surface area contributed by atoms with Gasteiger partial charge in [0, 0.05) is 6.07 Å². The van der Waals surface area contributed by atoms with Crippen LogP contribution in [0.2, 0.25) is 0 Å². The predicted octanol–water partition coefficient (Wildman–Crippen LogP) is 1.74. The average Bonchev–Trinajstić information content (AvgIpc) is 2.36. The topological polar surface area (TPSA) is 93.6 Å². The Morgan fingerprint density at radius 3 is 2.61 bits per heavy atom. The third-order valence-corrected chi connectivity index (χ3v) is 2.26. The molecule has 2 aromatic rings. The van der Waals surface area contributed by atoms with Crippen LogP contribution in [0.25, 0.3) is 11.0 Å². The molecule has 0 aliphatic heterocycles. The molecule has 1 aromatic carbocycles. The van der Waals surface area contributed by atoms with E-state index in [2.05, 4.69) is 15.3 Å². The van der Waals surface area contributed by atoms with E-state index in [1.807, 2.05) is 0 Å². The molecule has 0 saturated heterocycles. The van der Waals surface area contributed by atoms with E-state index in [4.69, 9.17) is 14.6 Å². The third kappa shape index (κ3) is 2.24. The Morgan fingerprint density at radius 1 is 1.22 bits per heavy atom. The first-order valence-corrected chi connectivity index (χ1v) is 5.03. The molecule has 1 aromatic heterocycles. The fourth-order valence-electron chi connectivity index (χ4n) is 1.47. The van der Waals surface area contributed by atoms with Crippen LogP contribution in [0.4, 0.5) is 10.6 Å². The lowest BCUT2D eigenvalue weighted by molar-refractivity contribution is 0.209. The molecular formula is C11H11N3O4. The summed E-state index contributed by atoms with van der Waals surface area (Å²) in [5.74, 6) is 0.804. The molecule has 0 saturated carbocycles. The lowest BCUT2D eigenvalue weighted by Gasteiger charge is -2.08. The molecule has 1 amide bonds. The van der Waals surface area contributed by atoms with Crippen molar-refractivity contribution in [1.82, 2.24) is 9.97 Å². The number of fused-ring (bicyclic) bond motifs is 1. The lowest BCUT2D eigenvalue weighted by Crippen LogP contribution is -2.11. The first kappa shape index (κ1) is 11.9. The second-order valence-corrected chi connectivity index (χ2v) is 3.37. The number of anilines is 1. The zero-order valence-electron chi connectivity index (χ0n) is 9.80. The van der Waals surface area contributed by atoms with Gasteiger partial charge in [-0.05, 0) is 12.1 Å². The largest absolute Gasteiger partial charge is 0.497 e. The molecule has 0 bridgehead atoms. The normalized spacial score (nSPS) is 10.1. The van der Waals surface area contributed by atoms with Crippen molar-refractivity contribution in [2.45, 2.75) is 0 Å². The second kappa shape index (κ2) is 4.74. The Bertz CT molecular complexity index is 600. The van der Waals surface area contributed by atoms with Crippen LogP contribution in [0, 0.1) is 0 Å². The fourth-order valence-corrected chi connectivity index (χ4v) is 1.47. The van der Waals surface area contributed by atoms with Gasteiger partial charge in [0.25, 0.3) is 5.88 Å². The molecule has 0 fully saturated rings. The van der Waals surface area contributed by atoms with E-state index in [1.165, 1.54) is 7.11 Å². The van der Waals surface area contributed by atoms with Gasteiger partial charge < -0.3 is 14.6 Å². The average molecular weight is 249 g/mol. The van der Waals surface area contributed by atoms with Gasteiger partial charge in [-0.25, -0.2) is 14.8 Å². The number of nitrogens with zero attached hydrogens (tertiary/aromatic N) is 2. The van der Waals surface area contributed by atoms with Gasteiger partial charge in [-0.3, -0.25) is 5.32 Å². The number of hydrogen-bond donors (Lipinski definition) is 2. The van der Waals surface area contributed by atoms with Crippen molar-refractivity contribution in [3.05, 3.63) is 18.2 Å². The Morgan fingerprint density at radius 2 is 2.00 bits per heavy atom. The summed E-state index contributed by atoms with van der Waals surface area (Å²) >= 11 is 0.